The van der Waals surface area contributed by atoms with Crippen molar-refractivity contribution in [2.24, 2.45) is 0 Å². The maximum absolute atomic E-state index is 5.76. The first-order chi connectivity index (χ1) is 7.28. The van der Waals surface area contributed by atoms with Crippen LogP contribution in [0.5, 0.6) is 5.75 Å². The zero-order valence-corrected chi connectivity index (χ0v) is 8.51. The summed E-state index contributed by atoms with van der Waals surface area (Å²) >= 11 is 0. The van der Waals surface area contributed by atoms with Crippen molar-refractivity contribution in [2.45, 2.75) is 18.6 Å². The van der Waals surface area contributed by atoms with Crippen LogP contribution in [0.15, 0.2) is 54.3 Å². The quantitative estimate of drug-likeness (QED) is 0.684. The van der Waals surface area contributed by atoms with Crippen LogP contribution in [-0.2, 0) is 4.74 Å². The number of para-hydroxylation sites is 1. The van der Waals surface area contributed by atoms with Gasteiger partial charge in [-0.15, -0.1) is 0 Å². The fraction of sp³-hybridized carbons (Fsp3) is 0.231. The molecule has 2 heteroatoms. The number of fused-ring (bicyclic) bond motifs is 1. The Morgan fingerprint density at radius 3 is 2.87 bits per heavy atom. The molecular formula is C13H12O2. The summed E-state index contributed by atoms with van der Waals surface area (Å²) in [5.74, 6) is 1.75. The lowest BCUT2D eigenvalue weighted by Crippen LogP contribution is -2.14. The number of hydrogen-bond donors (Lipinski definition) is 0. The summed E-state index contributed by atoms with van der Waals surface area (Å²) in [5, 5.41) is 0. The minimum atomic E-state index is -0.126. The number of allylic oxidation sites excluding steroid dienone is 2. The third-order valence-electron chi connectivity index (χ3n) is 2.76. The number of hydrogen-bond acceptors (Lipinski definition) is 2. The molecule has 76 valence electrons. The van der Waals surface area contributed by atoms with Crippen molar-refractivity contribution in [3.8, 4) is 5.75 Å². The molecule has 1 heterocycles. The molecule has 0 aromatic heterocycles. The van der Waals surface area contributed by atoms with E-state index >= 15 is 0 Å². The Balaban J connectivity index is 1.80. The lowest BCUT2D eigenvalue weighted by atomic mass is 10.0. The molecule has 0 N–H and O–H groups in total. The van der Waals surface area contributed by atoms with Crippen LogP contribution in [0.4, 0.5) is 0 Å². The minimum Gasteiger partial charge on any atom is -0.459 e. The molecule has 2 unspecified atom stereocenters. The number of ether oxygens (including phenoxy) is 2. The second kappa shape index (κ2) is 2.97. The predicted molar refractivity (Wildman–Crippen MR) is 57.6 cm³/mol. The summed E-state index contributed by atoms with van der Waals surface area (Å²) < 4.78 is 11.3. The maximum Gasteiger partial charge on any atom is 0.149 e. The van der Waals surface area contributed by atoms with Crippen LogP contribution < -0.4 is 4.74 Å². The first-order valence-corrected chi connectivity index (χ1v) is 5.08. The van der Waals surface area contributed by atoms with Crippen LogP contribution in [0, 0.1) is 0 Å². The van der Waals surface area contributed by atoms with Crippen molar-refractivity contribution in [3.63, 3.8) is 0 Å². The standard InChI is InChI=1S/C13H12O2/c1-13-9-5-8-11(12(13)15-13)14-10-6-3-2-4-7-10/h2-9,12H,1H3. The van der Waals surface area contributed by atoms with E-state index in [0.29, 0.717) is 0 Å². The molecule has 1 saturated heterocycles. The van der Waals surface area contributed by atoms with Gasteiger partial charge in [-0.2, -0.15) is 0 Å². The Kier molecular flexibility index (Phi) is 1.73. The Labute approximate surface area is 88.8 Å². The third-order valence-corrected chi connectivity index (χ3v) is 2.76. The Morgan fingerprint density at radius 2 is 2.07 bits per heavy atom. The number of rotatable bonds is 2. The van der Waals surface area contributed by atoms with Crippen molar-refractivity contribution >= 4 is 0 Å². The summed E-state index contributed by atoms with van der Waals surface area (Å²) in [6.45, 7) is 2.06. The Morgan fingerprint density at radius 1 is 1.27 bits per heavy atom. The molecule has 15 heavy (non-hydrogen) atoms. The second-order valence-corrected chi connectivity index (χ2v) is 4.03. The molecule has 0 saturated carbocycles. The van der Waals surface area contributed by atoms with Gasteiger partial charge in [0, 0.05) is 0 Å². The Hall–Kier alpha value is -1.54. The zero-order chi connectivity index (χ0) is 10.3. The van der Waals surface area contributed by atoms with Crippen molar-refractivity contribution in [2.75, 3.05) is 0 Å². The highest BCUT2D eigenvalue weighted by Gasteiger charge is 2.54. The Bertz CT molecular complexity index is 433. The van der Waals surface area contributed by atoms with E-state index in [1.807, 2.05) is 42.5 Å². The van der Waals surface area contributed by atoms with Crippen molar-refractivity contribution < 1.29 is 9.47 Å². The van der Waals surface area contributed by atoms with Crippen LogP contribution >= 0.6 is 0 Å². The highest BCUT2D eigenvalue weighted by atomic mass is 16.6. The fourth-order valence-electron chi connectivity index (χ4n) is 1.82. The van der Waals surface area contributed by atoms with Crippen LogP contribution in [0.25, 0.3) is 0 Å². The van der Waals surface area contributed by atoms with E-state index in [0.717, 1.165) is 11.5 Å². The minimum absolute atomic E-state index is 0.0997. The molecule has 0 amide bonds. The van der Waals surface area contributed by atoms with Gasteiger partial charge in [0.1, 0.15) is 23.2 Å². The van der Waals surface area contributed by atoms with Crippen LogP contribution in [0.2, 0.25) is 0 Å². The van der Waals surface area contributed by atoms with Gasteiger partial charge in [-0.05, 0) is 31.2 Å². The van der Waals surface area contributed by atoms with Crippen LogP contribution in [0.1, 0.15) is 6.92 Å². The molecule has 2 nitrogen and oxygen atoms in total. The molecule has 1 aromatic carbocycles. The van der Waals surface area contributed by atoms with Gasteiger partial charge < -0.3 is 9.47 Å². The van der Waals surface area contributed by atoms with Crippen molar-refractivity contribution in [1.82, 2.24) is 0 Å². The molecule has 0 radical (unpaired) electrons. The molecule has 1 aromatic rings. The van der Waals surface area contributed by atoms with E-state index in [-0.39, 0.29) is 11.7 Å². The van der Waals surface area contributed by atoms with Crippen molar-refractivity contribution in [1.29, 1.82) is 0 Å². The molecule has 0 bridgehead atoms. The second-order valence-electron chi connectivity index (χ2n) is 4.03. The smallest absolute Gasteiger partial charge is 0.149 e. The van der Waals surface area contributed by atoms with Gasteiger partial charge in [0.05, 0.1) is 0 Å². The largest absolute Gasteiger partial charge is 0.459 e. The van der Waals surface area contributed by atoms with E-state index in [1.54, 1.807) is 0 Å². The first-order valence-electron chi connectivity index (χ1n) is 5.08. The summed E-state index contributed by atoms with van der Waals surface area (Å²) in [6.07, 6.45) is 6.12. The lowest BCUT2D eigenvalue weighted by Gasteiger charge is -2.10. The summed E-state index contributed by atoms with van der Waals surface area (Å²) in [5.41, 5.74) is -0.126. The highest BCUT2D eigenvalue weighted by molar-refractivity contribution is 5.36. The van der Waals surface area contributed by atoms with E-state index < -0.39 is 0 Å². The fourth-order valence-corrected chi connectivity index (χ4v) is 1.82. The average molecular weight is 200 g/mol. The molecule has 1 fully saturated rings. The van der Waals surface area contributed by atoms with E-state index in [2.05, 4.69) is 13.0 Å². The van der Waals surface area contributed by atoms with Crippen LogP contribution in [-0.4, -0.2) is 11.7 Å². The molecule has 2 atom stereocenters. The monoisotopic (exact) mass is 200 g/mol. The van der Waals surface area contributed by atoms with Gasteiger partial charge in [-0.1, -0.05) is 24.3 Å². The van der Waals surface area contributed by atoms with Crippen LogP contribution in [0.3, 0.4) is 0 Å². The third kappa shape index (κ3) is 1.47. The first kappa shape index (κ1) is 8.74. The molecule has 2 aliphatic rings. The maximum atomic E-state index is 5.76. The molecule has 0 spiro atoms. The molecule has 1 aliphatic carbocycles. The highest BCUT2D eigenvalue weighted by Crippen LogP contribution is 2.44. The van der Waals surface area contributed by atoms with E-state index in [9.17, 15) is 0 Å². The summed E-state index contributed by atoms with van der Waals surface area (Å²) in [7, 11) is 0. The van der Waals surface area contributed by atoms with E-state index in [4.69, 9.17) is 9.47 Å². The molecule has 3 rings (SSSR count). The summed E-state index contributed by atoms with van der Waals surface area (Å²) in [6, 6.07) is 9.78. The van der Waals surface area contributed by atoms with Gasteiger partial charge in [-0.3, -0.25) is 0 Å². The number of benzene rings is 1. The molecule has 1 aliphatic heterocycles. The van der Waals surface area contributed by atoms with Gasteiger partial charge in [0.25, 0.3) is 0 Å². The SMILES string of the molecule is CC12C=CC=C(Oc3ccccc3)C1O2. The topological polar surface area (TPSA) is 21.8 Å². The zero-order valence-electron chi connectivity index (χ0n) is 8.51. The normalized spacial score (nSPS) is 31.8. The van der Waals surface area contributed by atoms with Gasteiger partial charge >= 0.3 is 0 Å². The predicted octanol–water partition coefficient (Wildman–Crippen LogP) is 2.68. The van der Waals surface area contributed by atoms with Gasteiger partial charge in [0.2, 0.25) is 0 Å². The van der Waals surface area contributed by atoms with Gasteiger partial charge in [-0.25, -0.2) is 0 Å². The lowest BCUT2D eigenvalue weighted by molar-refractivity contribution is 0.317. The van der Waals surface area contributed by atoms with E-state index in [1.165, 1.54) is 0 Å². The van der Waals surface area contributed by atoms with Gasteiger partial charge in [0.15, 0.2) is 0 Å². The number of epoxide rings is 1. The average Bonchev–Trinajstić information content (AvgIpc) is 2.93. The molecular weight excluding hydrogens is 188 g/mol. The summed E-state index contributed by atoms with van der Waals surface area (Å²) in [4.78, 5) is 0. The van der Waals surface area contributed by atoms with Crippen molar-refractivity contribution in [3.05, 3.63) is 54.3 Å².